The van der Waals surface area contributed by atoms with Crippen LogP contribution >= 0.6 is 11.3 Å². The van der Waals surface area contributed by atoms with Crippen LogP contribution in [-0.2, 0) is 10.0 Å². The molecule has 1 fully saturated rings. The molecule has 1 amide bonds. The monoisotopic (exact) mass is 393 g/mol. The van der Waals surface area contributed by atoms with Gasteiger partial charge in [-0.1, -0.05) is 29.8 Å². The van der Waals surface area contributed by atoms with E-state index in [0.29, 0.717) is 31.6 Å². The van der Waals surface area contributed by atoms with Gasteiger partial charge in [-0.05, 0) is 26.7 Å². The number of hydrogen-bond donors (Lipinski definition) is 1. The molecule has 0 atom stereocenters. The molecule has 1 N–H and O–H groups in total. The van der Waals surface area contributed by atoms with Crippen LogP contribution in [0.25, 0.3) is 10.6 Å². The molecule has 6 nitrogen and oxygen atoms in total. The summed E-state index contributed by atoms with van der Waals surface area (Å²) in [7, 11) is -3.15. The molecule has 0 unspecified atom stereocenters. The zero-order valence-electron chi connectivity index (χ0n) is 14.9. The van der Waals surface area contributed by atoms with Gasteiger partial charge in [-0.15, -0.1) is 11.3 Å². The number of rotatable bonds is 5. The lowest BCUT2D eigenvalue weighted by molar-refractivity contribution is 0.0919. The van der Waals surface area contributed by atoms with Crippen molar-refractivity contribution in [2.24, 2.45) is 0 Å². The minimum Gasteiger partial charge on any atom is -0.348 e. The van der Waals surface area contributed by atoms with Crippen LogP contribution in [0, 0.1) is 6.92 Å². The highest BCUT2D eigenvalue weighted by Gasteiger charge is 2.27. The number of benzene rings is 1. The second kappa shape index (κ2) is 7.85. The number of carbonyl (C=O) groups is 1. The van der Waals surface area contributed by atoms with Crippen molar-refractivity contribution in [1.82, 2.24) is 14.6 Å². The number of nitrogens with one attached hydrogen (secondary N) is 1. The summed E-state index contributed by atoms with van der Waals surface area (Å²) >= 11 is 1.45. The molecule has 1 aliphatic heterocycles. The highest BCUT2D eigenvalue weighted by atomic mass is 32.2. The van der Waals surface area contributed by atoms with Crippen LogP contribution in [0.1, 0.15) is 35.8 Å². The lowest BCUT2D eigenvalue weighted by Crippen LogP contribution is -2.46. The number of aromatic nitrogens is 1. The molecule has 1 aromatic carbocycles. The molecule has 2 aromatic rings. The van der Waals surface area contributed by atoms with Crippen molar-refractivity contribution < 1.29 is 13.2 Å². The van der Waals surface area contributed by atoms with E-state index in [-0.39, 0.29) is 17.7 Å². The Morgan fingerprint density at radius 1 is 1.27 bits per heavy atom. The van der Waals surface area contributed by atoms with Gasteiger partial charge in [0.15, 0.2) is 0 Å². The molecule has 1 aromatic heterocycles. The Balaban J connectivity index is 1.59. The van der Waals surface area contributed by atoms with E-state index in [9.17, 15) is 13.2 Å². The van der Waals surface area contributed by atoms with E-state index in [1.807, 2.05) is 31.2 Å². The Bertz CT molecular complexity index is 867. The van der Waals surface area contributed by atoms with Gasteiger partial charge in [0, 0.05) is 30.1 Å². The first-order valence-corrected chi connectivity index (χ1v) is 11.2. The summed E-state index contributed by atoms with van der Waals surface area (Å²) in [5.74, 6) is -0.0821. The summed E-state index contributed by atoms with van der Waals surface area (Å²) in [5.41, 5.74) is 2.59. The summed E-state index contributed by atoms with van der Waals surface area (Å²) in [6.07, 6.45) is 1.25. The number of carbonyl (C=O) groups excluding carboxylic acids is 1. The SMILES string of the molecule is CCS(=O)(=O)N1CCC(NC(=O)c2csc(-c3ccc(C)cc3)n2)CC1. The van der Waals surface area contributed by atoms with Crippen LogP contribution in [0.4, 0.5) is 0 Å². The number of aryl methyl sites for hydroxylation is 1. The van der Waals surface area contributed by atoms with Crippen LogP contribution in [0.5, 0.6) is 0 Å². The molecule has 0 aliphatic carbocycles. The van der Waals surface area contributed by atoms with Gasteiger partial charge in [-0.2, -0.15) is 0 Å². The van der Waals surface area contributed by atoms with E-state index >= 15 is 0 Å². The molecule has 1 aliphatic rings. The second-order valence-electron chi connectivity index (χ2n) is 6.45. The van der Waals surface area contributed by atoms with Gasteiger partial charge in [0.2, 0.25) is 10.0 Å². The normalized spacial score (nSPS) is 16.5. The van der Waals surface area contributed by atoms with Crippen molar-refractivity contribution in [1.29, 1.82) is 0 Å². The first-order chi connectivity index (χ1) is 12.4. The molecule has 140 valence electrons. The molecule has 3 rings (SSSR count). The number of piperidine rings is 1. The van der Waals surface area contributed by atoms with Crippen LogP contribution in [-0.4, -0.2) is 48.5 Å². The third-order valence-corrected chi connectivity index (χ3v) is 7.36. The Morgan fingerprint density at radius 2 is 1.92 bits per heavy atom. The van der Waals surface area contributed by atoms with Crippen molar-refractivity contribution in [3.63, 3.8) is 0 Å². The Hall–Kier alpha value is -1.77. The molecule has 2 heterocycles. The molecular formula is C18H23N3O3S2. The minimum atomic E-state index is -3.15. The lowest BCUT2D eigenvalue weighted by Gasteiger charge is -2.31. The standard InChI is InChI=1S/C18H23N3O3S2/c1-3-26(23,24)21-10-8-15(9-11-21)19-17(22)16-12-25-18(20-16)14-6-4-13(2)5-7-14/h4-7,12,15H,3,8-11H2,1-2H3,(H,19,22). The van der Waals surface area contributed by atoms with Gasteiger partial charge in [-0.25, -0.2) is 17.7 Å². The number of nitrogens with zero attached hydrogens (tertiary/aromatic N) is 2. The van der Waals surface area contributed by atoms with Gasteiger partial charge in [0.25, 0.3) is 5.91 Å². The summed E-state index contributed by atoms with van der Waals surface area (Å²) < 4.78 is 25.3. The smallest absolute Gasteiger partial charge is 0.270 e. The predicted molar refractivity (Wildman–Crippen MR) is 104 cm³/mol. The third-order valence-electron chi connectivity index (χ3n) is 4.58. The van der Waals surface area contributed by atoms with E-state index in [1.165, 1.54) is 21.2 Å². The van der Waals surface area contributed by atoms with Crippen molar-refractivity contribution in [2.45, 2.75) is 32.7 Å². The molecule has 0 radical (unpaired) electrons. The molecular weight excluding hydrogens is 370 g/mol. The summed E-state index contributed by atoms with van der Waals surface area (Å²) in [6.45, 7) is 4.58. The Morgan fingerprint density at radius 3 is 2.54 bits per heavy atom. The van der Waals surface area contributed by atoms with Gasteiger partial charge < -0.3 is 5.32 Å². The van der Waals surface area contributed by atoms with Gasteiger partial charge >= 0.3 is 0 Å². The van der Waals surface area contributed by atoms with E-state index in [1.54, 1.807) is 12.3 Å². The van der Waals surface area contributed by atoms with E-state index in [2.05, 4.69) is 10.3 Å². The van der Waals surface area contributed by atoms with Gasteiger partial charge in [0.1, 0.15) is 10.7 Å². The number of thiazole rings is 1. The highest BCUT2D eigenvalue weighted by molar-refractivity contribution is 7.89. The quantitative estimate of drug-likeness (QED) is 0.847. The Kier molecular flexibility index (Phi) is 5.74. The van der Waals surface area contributed by atoms with Gasteiger partial charge in [0.05, 0.1) is 5.75 Å². The molecule has 0 saturated carbocycles. The van der Waals surface area contributed by atoms with Crippen LogP contribution in [0.3, 0.4) is 0 Å². The molecule has 1 saturated heterocycles. The highest BCUT2D eigenvalue weighted by Crippen LogP contribution is 2.24. The average molecular weight is 394 g/mol. The van der Waals surface area contributed by atoms with Crippen LogP contribution in [0.2, 0.25) is 0 Å². The first-order valence-electron chi connectivity index (χ1n) is 8.70. The number of amides is 1. The molecule has 26 heavy (non-hydrogen) atoms. The maximum atomic E-state index is 12.4. The largest absolute Gasteiger partial charge is 0.348 e. The molecule has 0 spiro atoms. The van der Waals surface area contributed by atoms with E-state index in [4.69, 9.17) is 0 Å². The fraction of sp³-hybridized carbons (Fsp3) is 0.444. The van der Waals surface area contributed by atoms with Gasteiger partial charge in [-0.3, -0.25) is 4.79 Å². The summed E-state index contributed by atoms with van der Waals surface area (Å²) in [5, 5.41) is 5.57. The predicted octanol–water partition coefficient (Wildman–Crippen LogP) is 2.66. The maximum absolute atomic E-state index is 12.4. The van der Waals surface area contributed by atoms with Crippen LogP contribution in [0.15, 0.2) is 29.6 Å². The lowest BCUT2D eigenvalue weighted by atomic mass is 10.1. The first kappa shape index (κ1) is 19.0. The van der Waals surface area contributed by atoms with Crippen molar-refractivity contribution in [3.05, 3.63) is 40.9 Å². The minimum absolute atomic E-state index is 0.0182. The second-order valence-corrected chi connectivity index (χ2v) is 9.57. The maximum Gasteiger partial charge on any atom is 0.270 e. The fourth-order valence-electron chi connectivity index (χ4n) is 2.93. The molecule has 8 heteroatoms. The summed E-state index contributed by atoms with van der Waals surface area (Å²) in [6, 6.07) is 8.03. The summed E-state index contributed by atoms with van der Waals surface area (Å²) in [4.78, 5) is 16.9. The van der Waals surface area contributed by atoms with E-state index < -0.39 is 10.0 Å². The zero-order chi connectivity index (χ0) is 18.7. The van der Waals surface area contributed by atoms with Crippen molar-refractivity contribution in [2.75, 3.05) is 18.8 Å². The third kappa shape index (κ3) is 4.31. The Labute approximate surface area is 158 Å². The zero-order valence-corrected chi connectivity index (χ0v) is 16.6. The average Bonchev–Trinajstić information content (AvgIpc) is 3.13. The molecule has 0 bridgehead atoms. The van der Waals surface area contributed by atoms with Crippen LogP contribution < -0.4 is 5.32 Å². The van der Waals surface area contributed by atoms with E-state index in [0.717, 1.165) is 10.6 Å². The number of sulfonamides is 1. The van der Waals surface area contributed by atoms with Crippen molar-refractivity contribution in [3.8, 4) is 10.6 Å². The number of hydrogen-bond acceptors (Lipinski definition) is 5. The topological polar surface area (TPSA) is 79.4 Å². The van der Waals surface area contributed by atoms with Crippen molar-refractivity contribution >= 4 is 27.3 Å². The fourth-order valence-corrected chi connectivity index (χ4v) is 4.87.